The van der Waals surface area contributed by atoms with E-state index in [4.69, 9.17) is 23.2 Å². The number of rotatable bonds is 2. The van der Waals surface area contributed by atoms with Crippen molar-refractivity contribution in [3.05, 3.63) is 64.1 Å². The van der Waals surface area contributed by atoms with Gasteiger partial charge in [0.1, 0.15) is 6.04 Å². The molecule has 3 saturated heterocycles. The van der Waals surface area contributed by atoms with Gasteiger partial charge in [0.05, 0.1) is 22.7 Å². The highest BCUT2D eigenvalue weighted by Gasteiger charge is 2.63. The van der Waals surface area contributed by atoms with Crippen molar-refractivity contribution in [3.63, 3.8) is 0 Å². The van der Waals surface area contributed by atoms with Gasteiger partial charge in [-0.05, 0) is 30.2 Å². The quantitative estimate of drug-likeness (QED) is 0.721. The topological polar surface area (TPSA) is 43.9 Å². The van der Waals surface area contributed by atoms with Crippen LogP contribution in [-0.2, 0) is 9.59 Å². The second-order valence-electron chi connectivity index (χ2n) is 7.11. The lowest BCUT2D eigenvalue weighted by molar-refractivity contribution is -0.126. The summed E-state index contributed by atoms with van der Waals surface area (Å²) in [5.74, 6) is -0.844. The number of hydrazine groups is 1. The van der Waals surface area contributed by atoms with Crippen LogP contribution in [0.5, 0.6) is 0 Å². The number of hydrogen-bond acceptors (Lipinski definition) is 4. The summed E-state index contributed by atoms with van der Waals surface area (Å²) in [5.41, 5.74) is 1.46. The summed E-state index contributed by atoms with van der Waals surface area (Å²) in [4.78, 5) is 28.0. The highest BCUT2D eigenvalue weighted by molar-refractivity contribution is 6.38. The molecule has 5 nitrogen and oxygen atoms in total. The summed E-state index contributed by atoms with van der Waals surface area (Å²) in [6.45, 7) is 1.64. The Bertz CT molecular complexity index is 936. The Morgan fingerprint density at radius 2 is 1.56 bits per heavy atom. The molecule has 2 aromatic rings. The van der Waals surface area contributed by atoms with Crippen LogP contribution in [-0.4, -0.2) is 41.0 Å². The van der Waals surface area contributed by atoms with E-state index in [-0.39, 0.29) is 17.9 Å². The van der Waals surface area contributed by atoms with Crippen LogP contribution in [0, 0.1) is 5.92 Å². The second kappa shape index (κ2) is 6.31. The number of carbonyl (C=O) groups is 2. The van der Waals surface area contributed by atoms with E-state index in [0.29, 0.717) is 15.7 Å². The van der Waals surface area contributed by atoms with Gasteiger partial charge in [-0.3, -0.25) is 9.59 Å². The van der Waals surface area contributed by atoms with Crippen molar-refractivity contribution < 1.29 is 9.59 Å². The lowest BCUT2D eigenvalue weighted by Gasteiger charge is -2.30. The number of nitrogens with zero attached hydrogens (tertiary/aromatic N) is 3. The van der Waals surface area contributed by atoms with E-state index in [9.17, 15) is 9.59 Å². The van der Waals surface area contributed by atoms with Crippen LogP contribution in [0.15, 0.2) is 48.5 Å². The second-order valence-corrected chi connectivity index (χ2v) is 7.96. The molecular weight excluding hydrogens is 385 g/mol. The summed E-state index contributed by atoms with van der Waals surface area (Å²) >= 11 is 12.3. The van der Waals surface area contributed by atoms with Gasteiger partial charge in [-0.25, -0.2) is 14.9 Å². The van der Waals surface area contributed by atoms with Crippen LogP contribution < -0.4 is 4.90 Å². The molecule has 0 aromatic heterocycles. The predicted octanol–water partition coefficient (Wildman–Crippen LogP) is 3.53. The zero-order valence-corrected chi connectivity index (χ0v) is 15.9. The Morgan fingerprint density at radius 3 is 2.26 bits per heavy atom. The number of fused-ring (bicyclic) bond motifs is 3. The number of hydrogen-bond donors (Lipinski definition) is 0. The number of carbonyl (C=O) groups excluding carboxylic acids is 2. The minimum atomic E-state index is -0.475. The molecule has 138 valence electrons. The molecule has 0 saturated carbocycles. The van der Waals surface area contributed by atoms with E-state index < -0.39 is 12.0 Å². The van der Waals surface area contributed by atoms with E-state index in [1.54, 1.807) is 18.2 Å². The van der Waals surface area contributed by atoms with Gasteiger partial charge in [-0.2, -0.15) is 0 Å². The number of halogens is 2. The van der Waals surface area contributed by atoms with Crippen LogP contribution in [0.1, 0.15) is 18.0 Å². The van der Waals surface area contributed by atoms with E-state index in [2.05, 4.69) is 10.0 Å². The fourth-order valence-corrected chi connectivity index (χ4v) is 5.16. The molecule has 3 fully saturated rings. The molecule has 3 aliphatic rings. The van der Waals surface area contributed by atoms with Gasteiger partial charge >= 0.3 is 0 Å². The van der Waals surface area contributed by atoms with Crippen molar-refractivity contribution in [1.29, 1.82) is 0 Å². The zero-order chi connectivity index (χ0) is 18.7. The van der Waals surface area contributed by atoms with Crippen molar-refractivity contribution in [2.45, 2.75) is 18.5 Å². The Hall–Kier alpha value is -1.92. The minimum absolute atomic E-state index is 0.133. The lowest BCUT2D eigenvalue weighted by atomic mass is 9.90. The number of imide groups is 1. The van der Waals surface area contributed by atoms with Crippen LogP contribution in [0.25, 0.3) is 0 Å². The molecule has 3 unspecified atom stereocenters. The zero-order valence-electron chi connectivity index (χ0n) is 14.4. The lowest BCUT2D eigenvalue weighted by Crippen LogP contribution is -2.44. The largest absolute Gasteiger partial charge is 0.274 e. The SMILES string of the molecule is O=C1C2C(C(=O)N1c1ccc(Cl)cc1Cl)N1CCCN1C2c1ccccc1. The van der Waals surface area contributed by atoms with Crippen molar-refractivity contribution >= 4 is 40.7 Å². The Morgan fingerprint density at radius 1 is 0.852 bits per heavy atom. The Balaban J connectivity index is 1.60. The molecule has 5 rings (SSSR count). The van der Waals surface area contributed by atoms with Crippen LogP contribution >= 0.6 is 23.2 Å². The summed E-state index contributed by atoms with van der Waals surface area (Å²) in [5, 5.41) is 5.04. The maximum atomic E-state index is 13.4. The molecule has 0 N–H and O–H groups in total. The first-order valence-corrected chi connectivity index (χ1v) is 9.74. The first-order chi connectivity index (χ1) is 13.1. The third-order valence-corrected chi connectivity index (χ3v) is 6.24. The first kappa shape index (κ1) is 17.2. The molecule has 0 aliphatic carbocycles. The van der Waals surface area contributed by atoms with Crippen LogP contribution in [0.4, 0.5) is 5.69 Å². The highest BCUT2D eigenvalue weighted by Crippen LogP contribution is 2.49. The van der Waals surface area contributed by atoms with Gasteiger partial charge in [0.25, 0.3) is 5.91 Å². The molecular formula is C20H17Cl2N3O2. The molecule has 3 heterocycles. The fourth-order valence-electron chi connectivity index (χ4n) is 4.66. The number of amides is 2. The van der Waals surface area contributed by atoms with E-state index in [1.165, 1.54) is 4.90 Å². The molecule has 7 heteroatoms. The molecule has 0 bridgehead atoms. The fraction of sp³-hybridized carbons (Fsp3) is 0.300. The molecule has 3 atom stereocenters. The van der Waals surface area contributed by atoms with Gasteiger partial charge < -0.3 is 0 Å². The summed E-state index contributed by atoms with van der Waals surface area (Å²) in [6.07, 6.45) is 0.982. The smallest absolute Gasteiger partial charge is 0.253 e. The Labute approximate surface area is 167 Å². The number of anilines is 1. The number of benzene rings is 2. The van der Waals surface area contributed by atoms with Gasteiger partial charge in [-0.15, -0.1) is 0 Å². The van der Waals surface area contributed by atoms with Crippen molar-refractivity contribution in [1.82, 2.24) is 10.0 Å². The molecule has 0 radical (unpaired) electrons. The molecule has 2 amide bonds. The highest BCUT2D eigenvalue weighted by atomic mass is 35.5. The van der Waals surface area contributed by atoms with Gasteiger partial charge in [0.2, 0.25) is 5.91 Å². The molecule has 27 heavy (non-hydrogen) atoms. The Kier molecular flexibility index (Phi) is 4.02. The normalized spacial score (nSPS) is 28.1. The van der Waals surface area contributed by atoms with Crippen molar-refractivity contribution in [2.75, 3.05) is 18.0 Å². The molecule has 0 spiro atoms. The maximum absolute atomic E-state index is 13.4. The third kappa shape index (κ3) is 2.46. The molecule has 2 aromatic carbocycles. The average Bonchev–Trinajstić information content (AvgIpc) is 3.29. The average molecular weight is 402 g/mol. The standard InChI is InChI=1S/C20H17Cl2N3O2/c21-13-7-8-15(14(22)11-13)25-19(26)16-17(12-5-2-1-3-6-12)23-9-4-10-24(23)18(16)20(25)27/h1-3,5-8,11,16-18H,4,9-10H2. The predicted molar refractivity (Wildman–Crippen MR) is 103 cm³/mol. The van der Waals surface area contributed by atoms with Gasteiger partial charge in [-0.1, -0.05) is 53.5 Å². The van der Waals surface area contributed by atoms with E-state index in [1.807, 2.05) is 30.3 Å². The van der Waals surface area contributed by atoms with Crippen LogP contribution in [0.2, 0.25) is 10.0 Å². The van der Waals surface area contributed by atoms with Gasteiger partial charge in [0, 0.05) is 18.1 Å². The van der Waals surface area contributed by atoms with E-state index in [0.717, 1.165) is 25.1 Å². The minimum Gasteiger partial charge on any atom is -0.274 e. The summed E-state index contributed by atoms with van der Waals surface area (Å²) < 4.78 is 0. The van der Waals surface area contributed by atoms with Crippen molar-refractivity contribution in [2.24, 2.45) is 5.92 Å². The van der Waals surface area contributed by atoms with E-state index >= 15 is 0 Å². The summed E-state index contributed by atoms with van der Waals surface area (Å²) in [6, 6.07) is 14.2. The third-order valence-electron chi connectivity index (χ3n) is 5.70. The monoisotopic (exact) mass is 401 g/mol. The van der Waals surface area contributed by atoms with Gasteiger partial charge in [0.15, 0.2) is 0 Å². The summed E-state index contributed by atoms with van der Waals surface area (Å²) in [7, 11) is 0. The van der Waals surface area contributed by atoms with Crippen LogP contribution in [0.3, 0.4) is 0 Å². The first-order valence-electron chi connectivity index (χ1n) is 8.99. The van der Waals surface area contributed by atoms with Crippen molar-refractivity contribution in [3.8, 4) is 0 Å². The molecule has 3 aliphatic heterocycles. The maximum Gasteiger partial charge on any atom is 0.253 e.